The van der Waals surface area contributed by atoms with Crippen molar-refractivity contribution in [3.63, 3.8) is 0 Å². The minimum absolute atomic E-state index is 0.0288. The number of thioether (sulfide) groups is 1. The molecule has 0 aromatic heterocycles. The van der Waals surface area contributed by atoms with Crippen LogP contribution in [0.3, 0.4) is 0 Å². The van der Waals surface area contributed by atoms with E-state index in [2.05, 4.69) is 0 Å². The topological polar surface area (TPSA) is 181 Å². The van der Waals surface area contributed by atoms with E-state index >= 15 is 0 Å². The van der Waals surface area contributed by atoms with Gasteiger partial charge in [-0.3, -0.25) is 0 Å². The standard InChI is InChI=1S/C19H26O12S/c1-27-16(25)8-6-28-17(31-18-15(24)14(23)13(22)10(4-20)30-18)11-7(3-9(21)12(8)11)5-29-19(26)32-2/h3,6,9-15,17-18,20-24H,4-5H2,1-2H3/t9-,10-,11+,12-,13-,14+,15-,17-,18+/m0/s1. The van der Waals surface area contributed by atoms with Gasteiger partial charge in [0.2, 0.25) is 6.29 Å². The molecular weight excluding hydrogens is 452 g/mol. The van der Waals surface area contributed by atoms with Crippen LogP contribution in [0, 0.1) is 11.8 Å². The summed E-state index contributed by atoms with van der Waals surface area (Å²) < 4.78 is 26.5. The Kier molecular flexibility index (Phi) is 8.16. The molecule has 0 unspecified atom stereocenters. The second-order valence-electron chi connectivity index (χ2n) is 7.43. The summed E-state index contributed by atoms with van der Waals surface area (Å²) >= 11 is 0.853. The van der Waals surface area contributed by atoms with Crippen molar-refractivity contribution in [3.8, 4) is 0 Å². The number of methoxy groups -OCH3 is 1. The quantitative estimate of drug-likeness (QED) is 0.214. The van der Waals surface area contributed by atoms with Crippen LogP contribution in [-0.2, 0) is 28.5 Å². The summed E-state index contributed by atoms with van der Waals surface area (Å²) in [4.78, 5) is 23.8. The highest BCUT2D eigenvalue weighted by molar-refractivity contribution is 8.12. The fourth-order valence-electron chi connectivity index (χ4n) is 3.98. The molecule has 3 aliphatic rings. The number of esters is 1. The maximum absolute atomic E-state index is 12.2. The van der Waals surface area contributed by atoms with E-state index in [-0.39, 0.29) is 12.2 Å². The maximum atomic E-state index is 12.2. The minimum atomic E-state index is -1.69. The highest BCUT2D eigenvalue weighted by Crippen LogP contribution is 2.45. The zero-order valence-electron chi connectivity index (χ0n) is 17.3. The van der Waals surface area contributed by atoms with Crippen molar-refractivity contribution < 1.29 is 58.8 Å². The lowest BCUT2D eigenvalue weighted by Crippen LogP contribution is -2.60. The molecule has 9 atom stereocenters. The second-order valence-corrected chi connectivity index (χ2v) is 8.17. The Morgan fingerprint density at radius 1 is 1.09 bits per heavy atom. The predicted molar refractivity (Wildman–Crippen MR) is 106 cm³/mol. The third-order valence-corrected chi connectivity index (χ3v) is 6.06. The number of ether oxygens (including phenoxy) is 5. The van der Waals surface area contributed by atoms with Crippen molar-refractivity contribution >= 4 is 23.0 Å². The first kappa shape index (κ1) is 24.9. The second kappa shape index (κ2) is 10.5. The average Bonchev–Trinajstić information content (AvgIpc) is 3.14. The van der Waals surface area contributed by atoms with Crippen molar-refractivity contribution in [1.82, 2.24) is 0 Å². The largest absolute Gasteiger partial charge is 0.471 e. The number of aliphatic hydroxyl groups is 5. The Balaban J connectivity index is 1.86. The summed E-state index contributed by atoms with van der Waals surface area (Å²) in [6.07, 6.45) is -6.03. The van der Waals surface area contributed by atoms with E-state index in [1.807, 2.05) is 0 Å². The Morgan fingerprint density at radius 2 is 1.81 bits per heavy atom. The molecular formula is C19H26O12S. The molecule has 180 valence electrons. The summed E-state index contributed by atoms with van der Waals surface area (Å²) in [5, 5.41) is 49.6. The average molecular weight is 478 g/mol. The Hall–Kier alpha value is -1.71. The third-order valence-electron chi connectivity index (χ3n) is 5.61. The highest BCUT2D eigenvalue weighted by Gasteiger charge is 2.52. The van der Waals surface area contributed by atoms with Gasteiger partial charge in [0.15, 0.2) is 6.29 Å². The van der Waals surface area contributed by atoms with Gasteiger partial charge in [0.25, 0.3) is 0 Å². The number of carbonyl (C=O) groups excluding carboxylic acids is 2. The third kappa shape index (κ3) is 4.79. The number of hydrogen-bond acceptors (Lipinski definition) is 13. The number of rotatable bonds is 6. The van der Waals surface area contributed by atoms with Gasteiger partial charge >= 0.3 is 11.3 Å². The van der Waals surface area contributed by atoms with Crippen LogP contribution in [0.15, 0.2) is 23.5 Å². The van der Waals surface area contributed by atoms with E-state index in [1.54, 1.807) is 0 Å². The molecule has 1 fully saturated rings. The molecule has 5 N–H and O–H groups in total. The van der Waals surface area contributed by atoms with Gasteiger partial charge < -0.3 is 49.2 Å². The lowest BCUT2D eigenvalue weighted by molar-refractivity contribution is -0.340. The van der Waals surface area contributed by atoms with Crippen LogP contribution in [0.5, 0.6) is 0 Å². The maximum Gasteiger partial charge on any atom is 0.367 e. The molecule has 12 nitrogen and oxygen atoms in total. The van der Waals surface area contributed by atoms with E-state index < -0.39 is 72.8 Å². The van der Waals surface area contributed by atoms with Gasteiger partial charge in [-0.25, -0.2) is 9.59 Å². The molecule has 2 aliphatic heterocycles. The zero-order chi connectivity index (χ0) is 23.6. The first-order chi connectivity index (χ1) is 15.2. The monoisotopic (exact) mass is 478 g/mol. The number of carbonyl (C=O) groups is 2. The van der Waals surface area contributed by atoms with Crippen LogP contribution in [0.1, 0.15) is 0 Å². The first-order valence-electron chi connectivity index (χ1n) is 9.72. The number of aliphatic hydroxyl groups excluding tert-OH is 5. The molecule has 0 bridgehead atoms. The summed E-state index contributed by atoms with van der Waals surface area (Å²) in [5.74, 6) is -2.44. The molecule has 0 aromatic rings. The fraction of sp³-hybridized carbons (Fsp3) is 0.684. The van der Waals surface area contributed by atoms with Crippen molar-refractivity contribution in [2.45, 2.75) is 43.1 Å². The molecule has 0 amide bonds. The SMILES string of the molecule is COC(=O)C1=CO[C@@H](O[C@H]2O[C@@H](CO)[C@H](O)[C@@H](O)[C@@H]2O)[C@@H]2C(COC(=O)SC)=C[C@H](O)[C@H]12. The van der Waals surface area contributed by atoms with E-state index in [4.69, 9.17) is 23.7 Å². The smallest absolute Gasteiger partial charge is 0.367 e. The summed E-state index contributed by atoms with van der Waals surface area (Å²) in [7, 11) is 1.17. The molecule has 3 rings (SSSR count). The first-order valence-corrected chi connectivity index (χ1v) is 10.9. The van der Waals surface area contributed by atoms with Gasteiger partial charge in [0, 0.05) is 5.92 Å². The summed E-state index contributed by atoms with van der Waals surface area (Å²) in [6, 6.07) is 0. The van der Waals surface area contributed by atoms with Gasteiger partial charge in [0.05, 0.1) is 37.6 Å². The Labute approximate surface area is 187 Å². The van der Waals surface area contributed by atoms with E-state index in [0.717, 1.165) is 18.0 Å². The van der Waals surface area contributed by atoms with Crippen molar-refractivity contribution in [1.29, 1.82) is 0 Å². The Morgan fingerprint density at radius 3 is 2.44 bits per heavy atom. The molecule has 0 saturated carbocycles. The molecule has 1 aliphatic carbocycles. The summed E-state index contributed by atoms with van der Waals surface area (Å²) in [5.41, 5.74) is 0.426. The van der Waals surface area contributed by atoms with Crippen LogP contribution < -0.4 is 0 Å². The van der Waals surface area contributed by atoms with Gasteiger partial charge in [-0.1, -0.05) is 6.08 Å². The highest BCUT2D eigenvalue weighted by atomic mass is 32.2. The van der Waals surface area contributed by atoms with Gasteiger partial charge in [-0.15, -0.1) is 0 Å². The lowest BCUT2D eigenvalue weighted by Gasteiger charge is -2.43. The van der Waals surface area contributed by atoms with Crippen LogP contribution in [0.25, 0.3) is 0 Å². The van der Waals surface area contributed by atoms with Crippen molar-refractivity contribution in [3.05, 3.63) is 23.5 Å². The van der Waals surface area contributed by atoms with Gasteiger partial charge in [0.1, 0.15) is 31.0 Å². The molecule has 1 saturated heterocycles. The van der Waals surface area contributed by atoms with Crippen LogP contribution in [0.2, 0.25) is 0 Å². The van der Waals surface area contributed by atoms with Gasteiger partial charge in [-0.2, -0.15) is 0 Å². The molecule has 0 radical (unpaired) electrons. The molecule has 0 aromatic carbocycles. The molecule has 2 heterocycles. The van der Waals surface area contributed by atoms with Crippen LogP contribution in [-0.4, -0.2) is 106 Å². The number of hydrogen-bond donors (Lipinski definition) is 5. The summed E-state index contributed by atoms with van der Waals surface area (Å²) in [6.45, 7) is -0.868. The van der Waals surface area contributed by atoms with E-state index in [1.165, 1.54) is 19.4 Å². The van der Waals surface area contributed by atoms with E-state index in [0.29, 0.717) is 5.57 Å². The minimum Gasteiger partial charge on any atom is -0.471 e. The number of fused-ring (bicyclic) bond motifs is 1. The van der Waals surface area contributed by atoms with Gasteiger partial charge in [-0.05, 0) is 23.6 Å². The lowest BCUT2D eigenvalue weighted by atomic mass is 9.82. The van der Waals surface area contributed by atoms with Crippen molar-refractivity contribution in [2.24, 2.45) is 11.8 Å². The zero-order valence-corrected chi connectivity index (χ0v) is 18.1. The van der Waals surface area contributed by atoms with Crippen molar-refractivity contribution in [2.75, 3.05) is 26.6 Å². The molecule has 13 heteroatoms. The fourth-order valence-corrected chi connectivity index (χ4v) is 4.16. The van der Waals surface area contributed by atoms with E-state index in [9.17, 15) is 35.1 Å². The Bertz CT molecular complexity index is 767. The predicted octanol–water partition coefficient (Wildman–Crippen LogP) is -1.75. The van der Waals surface area contributed by atoms with Crippen LogP contribution in [0.4, 0.5) is 4.79 Å². The normalized spacial score (nSPS) is 38.8. The molecule has 0 spiro atoms. The van der Waals surface area contributed by atoms with Crippen LogP contribution >= 0.6 is 11.8 Å². The molecule has 32 heavy (non-hydrogen) atoms.